The maximum absolute atomic E-state index is 14.4. The number of rotatable bonds is 3. The van der Waals surface area contributed by atoms with E-state index in [4.69, 9.17) is 11.6 Å². The van der Waals surface area contributed by atoms with Crippen LogP contribution in [0.1, 0.15) is 10.4 Å². The molecule has 3 aromatic rings. The van der Waals surface area contributed by atoms with Crippen LogP contribution in [0, 0.1) is 5.82 Å². The summed E-state index contributed by atoms with van der Waals surface area (Å²) in [5.41, 5.74) is 1.11. The summed E-state index contributed by atoms with van der Waals surface area (Å²) in [6, 6.07) is 16.9. The van der Waals surface area contributed by atoms with Gasteiger partial charge in [-0.15, -0.1) is 11.3 Å². The highest BCUT2D eigenvalue weighted by atomic mass is 35.5. The summed E-state index contributed by atoms with van der Waals surface area (Å²) < 4.78 is 14.4. The molecule has 0 aliphatic carbocycles. The standard InChI is InChI=1S/C20H12ClFN2OS/c21-13-7-9-14(10-8-13)24-19(16-5-1-2-6-17(16)22)23-18(20(24)25)12-15-4-3-11-26-15/h1-12H/b18-12+. The molecule has 0 N–H and O–H groups in total. The van der Waals surface area contributed by atoms with Crippen LogP contribution in [0.4, 0.5) is 10.1 Å². The summed E-state index contributed by atoms with van der Waals surface area (Å²) in [6.45, 7) is 0. The molecule has 1 aliphatic heterocycles. The Labute approximate surface area is 158 Å². The fraction of sp³-hybridized carbons (Fsp3) is 0. The predicted octanol–water partition coefficient (Wildman–Crippen LogP) is 5.38. The molecule has 0 saturated carbocycles. The number of amides is 1. The lowest BCUT2D eigenvalue weighted by Crippen LogP contribution is -2.33. The number of carbonyl (C=O) groups excluding carboxylic acids is 1. The van der Waals surface area contributed by atoms with Gasteiger partial charge in [-0.05, 0) is 53.9 Å². The second-order valence-corrected chi connectivity index (χ2v) is 6.99. The minimum atomic E-state index is -0.435. The number of halogens is 2. The third-order valence-corrected chi connectivity index (χ3v) is 4.95. The van der Waals surface area contributed by atoms with Crippen molar-refractivity contribution in [3.63, 3.8) is 0 Å². The quantitative estimate of drug-likeness (QED) is 0.560. The van der Waals surface area contributed by atoms with E-state index < -0.39 is 5.82 Å². The van der Waals surface area contributed by atoms with Crippen LogP contribution < -0.4 is 4.90 Å². The van der Waals surface area contributed by atoms with Crippen LogP contribution >= 0.6 is 22.9 Å². The molecule has 0 radical (unpaired) electrons. The molecular weight excluding hydrogens is 371 g/mol. The van der Waals surface area contributed by atoms with E-state index in [0.29, 0.717) is 10.7 Å². The average Bonchev–Trinajstić information content (AvgIpc) is 3.26. The number of hydrogen-bond acceptors (Lipinski definition) is 3. The molecule has 1 aliphatic rings. The van der Waals surface area contributed by atoms with E-state index in [-0.39, 0.29) is 23.0 Å². The lowest BCUT2D eigenvalue weighted by molar-refractivity contribution is -0.113. The Bertz CT molecular complexity index is 1030. The van der Waals surface area contributed by atoms with Crippen molar-refractivity contribution in [3.05, 3.63) is 93.0 Å². The monoisotopic (exact) mass is 382 g/mol. The maximum atomic E-state index is 14.4. The molecule has 3 nitrogen and oxygen atoms in total. The van der Waals surface area contributed by atoms with Crippen molar-refractivity contribution < 1.29 is 9.18 Å². The van der Waals surface area contributed by atoms with Gasteiger partial charge in [0.1, 0.15) is 11.5 Å². The SMILES string of the molecule is O=C1/C(=C\c2cccs2)N=C(c2ccccc2F)N1c1ccc(Cl)cc1. The second-order valence-electron chi connectivity index (χ2n) is 5.58. The molecule has 1 amide bonds. The van der Waals surface area contributed by atoms with Crippen LogP contribution in [0.3, 0.4) is 0 Å². The van der Waals surface area contributed by atoms with Crippen molar-refractivity contribution in [2.45, 2.75) is 0 Å². The fourth-order valence-electron chi connectivity index (χ4n) is 2.68. The number of carbonyl (C=O) groups is 1. The van der Waals surface area contributed by atoms with E-state index >= 15 is 0 Å². The summed E-state index contributed by atoms with van der Waals surface area (Å²) in [5.74, 6) is -0.479. The van der Waals surface area contributed by atoms with Crippen LogP contribution in [0.15, 0.2) is 76.7 Å². The zero-order valence-electron chi connectivity index (χ0n) is 13.4. The number of amidine groups is 1. The van der Waals surface area contributed by atoms with Gasteiger partial charge in [0.15, 0.2) is 5.84 Å². The van der Waals surface area contributed by atoms with Crippen LogP contribution in [0.25, 0.3) is 6.08 Å². The zero-order valence-corrected chi connectivity index (χ0v) is 15.0. The molecular formula is C20H12ClFN2OS. The number of anilines is 1. The Balaban J connectivity index is 1.86. The Hall–Kier alpha value is -2.76. The van der Waals surface area contributed by atoms with Gasteiger partial charge in [-0.3, -0.25) is 9.69 Å². The lowest BCUT2D eigenvalue weighted by atomic mass is 10.1. The molecule has 2 aromatic carbocycles. The molecule has 26 heavy (non-hydrogen) atoms. The van der Waals surface area contributed by atoms with Gasteiger partial charge < -0.3 is 0 Å². The van der Waals surface area contributed by atoms with Gasteiger partial charge in [-0.25, -0.2) is 9.38 Å². The number of thiophene rings is 1. The number of aliphatic imine (C=N–C) groups is 1. The normalized spacial score (nSPS) is 15.6. The van der Waals surface area contributed by atoms with E-state index in [2.05, 4.69) is 4.99 Å². The van der Waals surface area contributed by atoms with E-state index in [1.165, 1.54) is 22.3 Å². The third-order valence-electron chi connectivity index (χ3n) is 3.88. The molecule has 4 rings (SSSR count). The molecule has 0 unspecified atom stereocenters. The van der Waals surface area contributed by atoms with Crippen molar-refractivity contribution in [2.24, 2.45) is 4.99 Å². The first kappa shape index (κ1) is 16.7. The molecule has 0 saturated heterocycles. The molecule has 2 heterocycles. The van der Waals surface area contributed by atoms with E-state index in [1.807, 2.05) is 17.5 Å². The zero-order chi connectivity index (χ0) is 18.1. The smallest absolute Gasteiger partial charge is 0.266 e. The number of hydrogen-bond donors (Lipinski definition) is 0. The van der Waals surface area contributed by atoms with Gasteiger partial charge in [0.25, 0.3) is 5.91 Å². The number of nitrogens with zero attached hydrogens (tertiary/aromatic N) is 2. The topological polar surface area (TPSA) is 32.7 Å². The first-order valence-electron chi connectivity index (χ1n) is 7.82. The van der Waals surface area contributed by atoms with Gasteiger partial charge in [-0.2, -0.15) is 0 Å². The highest BCUT2D eigenvalue weighted by Crippen LogP contribution is 2.30. The Morgan fingerprint density at radius 2 is 1.81 bits per heavy atom. The number of benzene rings is 2. The van der Waals surface area contributed by atoms with Gasteiger partial charge in [0.05, 0.1) is 11.3 Å². The van der Waals surface area contributed by atoms with Crippen molar-refractivity contribution in [2.75, 3.05) is 4.90 Å². The van der Waals surface area contributed by atoms with Crippen LogP contribution in [-0.2, 0) is 4.79 Å². The van der Waals surface area contributed by atoms with E-state index in [0.717, 1.165) is 4.88 Å². The Morgan fingerprint density at radius 1 is 1.04 bits per heavy atom. The highest BCUT2D eigenvalue weighted by molar-refractivity contribution is 7.10. The summed E-state index contributed by atoms with van der Waals surface area (Å²) in [7, 11) is 0. The van der Waals surface area contributed by atoms with Crippen LogP contribution in [-0.4, -0.2) is 11.7 Å². The first-order valence-corrected chi connectivity index (χ1v) is 9.08. The van der Waals surface area contributed by atoms with E-state index in [9.17, 15) is 9.18 Å². The molecule has 0 fully saturated rings. The van der Waals surface area contributed by atoms with Crippen molar-refractivity contribution in [3.8, 4) is 0 Å². The van der Waals surface area contributed by atoms with Crippen molar-refractivity contribution >= 4 is 46.4 Å². The Morgan fingerprint density at radius 3 is 2.50 bits per heavy atom. The Kier molecular flexibility index (Phi) is 4.41. The summed E-state index contributed by atoms with van der Waals surface area (Å²) in [5, 5.41) is 2.48. The average molecular weight is 383 g/mol. The minimum Gasteiger partial charge on any atom is -0.266 e. The van der Waals surface area contributed by atoms with Gasteiger partial charge >= 0.3 is 0 Å². The van der Waals surface area contributed by atoms with Gasteiger partial charge in [0, 0.05) is 9.90 Å². The molecule has 0 atom stereocenters. The molecule has 1 aromatic heterocycles. The van der Waals surface area contributed by atoms with Gasteiger partial charge in [-0.1, -0.05) is 29.8 Å². The summed E-state index contributed by atoms with van der Waals surface area (Å²) >= 11 is 7.46. The second kappa shape index (κ2) is 6.86. The predicted molar refractivity (Wildman–Crippen MR) is 104 cm³/mol. The highest BCUT2D eigenvalue weighted by Gasteiger charge is 2.33. The first-order chi connectivity index (χ1) is 12.6. The lowest BCUT2D eigenvalue weighted by Gasteiger charge is -2.18. The molecule has 0 spiro atoms. The summed E-state index contributed by atoms with van der Waals surface area (Å²) in [6.07, 6.45) is 1.71. The minimum absolute atomic E-state index is 0.262. The van der Waals surface area contributed by atoms with E-state index in [1.54, 1.807) is 48.5 Å². The third kappa shape index (κ3) is 3.07. The maximum Gasteiger partial charge on any atom is 0.282 e. The van der Waals surface area contributed by atoms with Crippen molar-refractivity contribution in [1.29, 1.82) is 0 Å². The summed E-state index contributed by atoms with van der Waals surface area (Å²) in [4.78, 5) is 19.8. The van der Waals surface area contributed by atoms with Crippen molar-refractivity contribution in [1.82, 2.24) is 0 Å². The largest absolute Gasteiger partial charge is 0.282 e. The van der Waals surface area contributed by atoms with Crippen LogP contribution in [0.2, 0.25) is 5.02 Å². The fourth-order valence-corrected chi connectivity index (χ4v) is 3.45. The molecule has 6 heteroatoms. The van der Waals surface area contributed by atoms with Crippen LogP contribution in [0.5, 0.6) is 0 Å². The molecule has 128 valence electrons. The molecule has 0 bridgehead atoms. The van der Waals surface area contributed by atoms with Gasteiger partial charge in [0.2, 0.25) is 0 Å².